The van der Waals surface area contributed by atoms with E-state index in [9.17, 15) is 4.79 Å². The van der Waals surface area contributed by atoms with E-state index in [1.54, 1.807) is 6.92 Å². The van der Waals surface area contributed by atoms with Crippen LogP contribution in [0.2, 0.25) is 0 Å². The second kappa shape index (κ2) is 6.14. The standard InChI is InChI=1S/C13H18O5/c1-8-5-10(16-3)13(11(6-8)17-4)18-9(2)7-12(14)15/h5-6,9H,7H2,1-4H3,(H,14,15)/t9-/m1/s1. The van der Waals surface area contributed by atoms with Crippen molar-refractivity contribution in [3.63, 3.8) is 0 Å². The van der Waals surface area contributed by atoms with Gasteiger partial charge in [0, 0.05) is 0 Å². The second-order valence-electron chi connectivity index (χ2n) is 4.02. The van der Waals surface area contributed by atoms with Gasteiger partial charge in [-0.3, -0.25) is 4.79 Å². The van der Waals surface area contributed by atoms with Crippen LogP contribution in [-0.4, -0.2) is 31.4 Å². The summed E-state index contributed by atoms with van der Waals surface area (Å²) in [7, 11) is 3.06. The lowest BCUT2D eigenvalue weighted by Gasteiger charge is -2.18. The first-order chi connectivity index (χ1) is 8.47. The van der Waals surface area contributed by atoms with Crippen molar-refractivity contribution >= 4 is 5.97 Å². The molecule has 1 aromatic carbocycles. The largest absolute Gasteiger partial charge is 0.493 e. The summed E-state index contributed by atoms with van der Waals surface area (Å²) in [5.74, 6) is 0.583. The van der Waals surface area contributed by atoms with Crippen LogP contribution in [0.1, 0.15) is 18.9 Å². The van der Waals surface area contributed by atoms with Crippen molar-refractivity contribution in [3.8, 4) is 17.2 Å². The molecule has 18 heavy (non-hydrogen) atoms. The van der Waals surface area contributed by atoms with Gasteiger partial charge in [0.1, 0.15) is 6.10 Å². The van der Waals surface area contributed by atoms with Gasteiger partial charge in [0.25, 0.3) is 0 Å². The molecule has 0 heterocycles. The van der Waals surface area contributed by atoms with E-state index in [4.69, 9.17) is 19.3 Å². The molecule has 0 fully saturated rings. The van der Waals surface area contributed by atoms with E-state index in [-0.39, 0.29) is 6.42 Å². The third-order valence-corrected chi connectivity index (χ3v) is 2.39. The second-order valence-corrected chi connectivity index (χ2v) is 4.02. The molecule has 0 aromatic heterocycles. The molecule has 0 saturated heterocycles. The van der Waals surface area contributed by atoms with E-state index < -0.39 is 12.1 Å². The van der Waals surface area contributed by atoms with Crippen LogP contribution < -0.4 is 14.2 Å². The highest BCUT2D eigenvalue weighted by molar-refractivity contribution is 5.67. The van der Waals surface area contributed by atoms with Gasteiger partial charge >= 0.3 is 5.97 Å². The van der Waals surface area contributed by atoms with E-state index in [2.05, 4.69) is 0 Å². The van der Waals surface area contributed by atoms with Crippen LogP contribution in [0.5, 0.6) is 17.2 Å². The summed E-state index contributed by atoms with van der Waals surface area (Å²) in [5, 5.41) is 8.72. The maximum absolute atomic E-state index is 10.6. The number of hydrogen-bond acceptors (Lipinski definition) is 4. The monoisotopic (exact) mass is 254 g/mol. The average molecular weight is 254 g/mol. The molecule has 0 amide bonds. The quantitative estimate of drug-likeness (QED) is 0.843. The first kappa shape index (κ1) is 14.2. The van der Waals surface area contributed by atoms with Gasteiger partial charge in [-0.25, -0.2) is 0 Å². The zero-order valence-electron chi connectivity index (χ0n) is 11.0. The van der Waals surface area contributed by atoms with Gasteiger partial charge in [-0.05, 0) is 31.5 Å². The fourth-order valence-electron chi connectivity index (χ4n) is 1.62. The Kier molecular flexibility index (Phi) is 4.83. The lowest BCUT2D eigenvalue weighted by Crippen LogP contribution is -2.17. The fourth-order valence-corrected chi connectivity index (χ4v) is 1.62. The molecule has 0 aliphatic heterocycles. The van der Waals surface area contributed by atoms with E-state index in [0.717, 1.165) is 5.56 Å². The number of carboxylic acid groups (broad SMARTS) is 1. The molecule has 0 spiro atoms. The predicted octanol–water partition coefficient (Wildman–Crippen LogP) is 2.25. The molecule has 0 saturated carbocycles. The molecule has 1 atom stereocenters. The lowest BCUT2D eigenvalue weighted by atomic mass is 10.2. The molecule has 5 heteroatoms. The van der Waals surface area contributed by atoms with Crippen LogP contribution in [0, 0.1) is 6.92 Å². The van der Waals surface area contributed by atoms with E-state index in [0.29, 0.717) is 17.2 Å². The average Bonchev–Trinajstić information content (AvgIpc) is 2.29. The Morgan fingerprint density at radius 1 is 1.28 bits per heavy atom. The normalized spacial score (nSPS) is 11.8. The Morgan fingerprint density at radius 2 is 1.78 bits per heavy atom. The summed E-state index contributed by atoms with van der Waals surface area (Å²) in [4.78, 5) is 10.6. The number of aryl methyl sites for hydroxylation is 1. The van der Waals surface area contributed by atoms with Crippen LogP contribution in [0.4, 0.5) is 0 Å². The van der Waals surface area contributed by atoms with Gasteiger partial charge in [0.15, 0.2) is 11.5 Å². The molecule has 0 unspecified atom stereocenters. The van der Waals surface area contributed by atoms with Crippen molar-refractivity contribution in [3.05, 3.63) is 17.7 Å². The highest BCUT2D eigenvalue weighted by Crippen LogP contribution is 2.39. The zero-order valence-corrected chi connectivity index (χ0v) is 11.0. The Labute approximate surface area is 106 Å². The number of aliphatic carboxylic acids is 1. The lowest BCUT2D eigenvalue weighted by molar-refractivity contribution is -0.138. The number of carbonyl (C=O) groups is 1. The molecule has 0 aliphatic rings. The SMILES string of the molecule is COc1cc(C)cc(OC)c1O[C@H](C)CC(=O)O. The number of rotatable bonds is 6. The summed E-state index contributed by atoms with van der Waals surface area (Å²) in [5.41, 5.74) is 0.974. The fraction of sp³-hybridized carbons (Fsp3) is 0.462. The third kappa shape index (κ3) is 3.55. The van der Waals surface area contributed by atoms with E-state index >= 15 is 0 Å². The minimum absolute atomic E-state index is 0.0831. The van der Waals surface area contributed by atoms with Crippen LogP contribution in [0.25, 0.3) is 0 Å². The van der Waals surface area contributed by atoms with Crippen molar-refractivity contribution in [1.82, 2.24) is 0 Å². The highest BCUT2D eigenvalue weighted by atomic mass is 16.5. The minimum atomic E-state index is -0.910. The minimum Gasteiger partial charge on any atom is -0.493 e. The molecule has 1 rings (SSSR count). The third-order valence-electron chi connectivity index (χ3n) is 2.39. The van der Waals surface area contributed by atoms with Gasteiger partial charge in [-0.2, -0.15) is 0 Å². The maximum Gasteiger partial charge on any atom is 0.307 e. The van der Waals surface area contributed by atoms with Crippen LogP contribution >= 0.6 is 0 Å². The Balaban J connectivity index is 3.01. The van der Waals surface area contributed by atoms with E-state index in [1.165, 1.54) is 14.2 Å². The maximum atomic E-state index is 10.6. The van der Waals surface area contributed by atoms with Crippen molar-refractivity contribution in [2.45, 2.75) is 26.4 Å². The van der Waals surface area contributed by atoms with Crippen LogP contribution in [0.3, 0.4) is 0 Å². The van der Waals surface area contributed by atoms with Crippen LogP contribution in [-0.2, 0) is 4.79 Å². The number of ether oxygens (including phenoxy) is 3. The Morgan fingerprint density at radius 3 is 2.17 bits per heavy atom. The molecule has 5 nitrogen and oxygen atoms in total. The van der Waals surface area contributed by atoms with Crippen LogP contribution in [0.15, 0.2) is 12.1 Å². The number of carboxylic acids is 1. The smallest absolute Gasteiger partial charge is 0.307 e. The molecule has 1 N–H and O–H groups in total. The molecule has 0 radical (unpaired) electrons. The highest BCUT2D eigenvalue weighted by Gasteiger charge is 2.17. The van der Waals surface area contributed by atoms with Crippen molar-refractivity contribution in [2.24, 2.45) is 0 Å². The molecular weight excluding hydrogens is 236 g/mol. The first-order valence-corrected chi connectivity index (χ1v) is 5.59. The molecule has 100 valence electrons. The van der Waals surface area contributed by atoms with Crippen molar-refractivity contribution < 1.29 is 24.1 Å². The number of hydrogen-bond donors (Lipinski definition) is 1. The van der Waals surface area contributed by atoms with Gasteiger partial charge in [-0.1, -0.05) is 0 Å². The molecule has 1 aromatic rings. The van der Waals surface area contributed by atoms with Gasteiger partial charge in [0.2, 0.25) is 5.75 Å². The molecule has 0 bridgehead atoms. The summed E-state index contributed by atoms with van der Waals surface area (Å²) in [6.45, 7) is 3.60. The Hall–Kier alpha value is -1.91. The van der Waals surface area contributed by atoms with Gasteiger partial charge in [-0.15, -0.1) is 0 Å². The van der Waals surface area contributed by atoms with Crippen molar-refractivity contribution in [1.29, 1.82) is 0 Å². The summed E-state index contributed by atoms with van der Waals surface area (Å²) >= 11 is 0. The predicted molar refractivity (Wildman–Crippen MR) is 66.6 cm³/mol. The van der Waals surface area contributed by atoms with Gasteiger partial charge < -0.3 is 19.3 Å². The molecular formula is C13H18O5. The summed E-state index contributed by atoms with van der Waals surface area (Å²) in [6, 6.07) is 3.62. The van der Waals surface area contributed by atoms with E-state index in [1.807, 2.05) is 19.1 Å². The molecule has 0 aliphatic carbocycles. The zero-order chi connectivity index (χ0) is 13.7. The summed E-state index contributed by atoms with van der Waals surface area (Å²) in [6.07, 6.45) is -0.548. The van der Waals surface area contributed by atoms with Crippen molar-refractivity contribution in [2.75, 3.05) is 14.2 Å². The number of benzene rings is 1. The first-order valence-electron chi connectivity index (χ1n) is 5.59. The Bertz CT molecular complexity index is 402. The number of methoxy groups -OCH3 is 2. The summed E-state index contributed by atoms with van der Waals surface area (Å²) < 4.78 is 16.0. The topological polar surface area (TPSA) is 65.0 Å². The van der Waals surface area contributed by atoms with Gasteiger partial charge in [0.05, 0.1) is 20.6 Å².